The Hall–Kier alpha value is -2.38. The van der Waals surface area contributed by atoms with E-state index in [4.69, 9.17) is 0 Å². The van der Waals surface area contributed by atoms with Crippen LogP contribution in [0.3, 0.4) is 0 Å². The molecular weight excluding hydrogens is 370 g/mol. The van der Waals surface area contributed by atoms with Crippen LogP contribution in [0.25, 0.3) is 0 Å². The number of aromatic amines is 1. The van der Waals surface area contributed by atoms with Crippen molar-refractivity contribution in [2.45, 2.75) is 50.9 Å². The first-order chi connectivity index (χ1) is 14.0. The number of carbonyl (C=O) groups excluding carboxylic acids is 3. The topological polar surface area (TPSA) is 89.6 Å². The van der Waals surface area contributed by atoms with Crippen molar-refractivity contribution in [3.63, 3.8) is 0 Å². The Morgan fingerprint density at radius 3 is 2.34 bits per heavy atom. The molecule has 8 nitrogen and oxygen atoms in total. The van der Waals surface area contributed by atoms with Crippen LogP contribution in [0.1, 0.15) is 66.9 Å². The van der Waals surface area contributed by atoms with Crippen LogP contribution in [0.2, 0.25) is 0 Å². The lowest BCUT2D eigenvalue weighted by molar-refractivity contribution is -0.136. The summed E-state index contributed by atoms with van der Waals surface area (Å²) in [5.74, 6) is 0.220. The lowest BCUT2D eigenvalue weighted by Gasteiger charge is -2.33. The third-order valence-corrected chi connectivity index (χ3v) is 6.70. The van der Waals surface area contributed by atoms with Gasteiger partial charge in [-0.1, -0.05) is 12.8 Å². The molecule has 1 N–H and O–H groups in total. The zero-order valence-electron chi connectivity index (χ0n) is 17.2. The average molecular weight is 402 g/mol. The van der Waals surface area contributed by atoms with Crippen LogP contribution >= 0.6 is 0 Å². The zero-order valence-corrected chi connectivity index (χ0v) is 17.2. The standard InChI is InChI=1S/C21H31N5O3/c1-24-14-16(12-18(24)27)20(28)26-10-6-15(7-11-26)19-17(13-22-23-19)21(29)25-8-4-2-3-5-9-25/h13,15-16H,2-12,14H2,1H3,(H,22,23). The molecule has 3 aliphatic heterocycles. The Morgan fingerprint density at radius 2 is 1.72 bits per heavy atom. The van der Waals surface area contributed by atoms with E-state index in [9.17, 15) is 14.4 Å². The maximum absolute atomic E-state index is 13.0. The summed E-state index contributed by atoms with van der Waals surface area (Å²) in [6, 6.07) is 0. The molecule has 158 valence electrons. The molecule has 1 aromatic heterocycles. The van der Waals surface area contributed by atoms with Crippen LogP contribution in [0.15, 0.2) is 6.20 Å². The summed E-state index contributed by atoms with van der Waals surface area (Å²) in [7, 11) is 1.75. The van der Waals surface area contributed by atoms with E-state index < -0.39 is 0 Å². The van der Waals surface area contributed by atoms with Gasteiger partial charge in [-0.25, -0.2) is 0 Å². The first-order valence-corrected chi connectivity index (χ1v) is 10.9. The lowest BCUT2D eigenvalue weighted by Crippen LogP contribution is -2.42. The molecule has 0 saturated carbocycles. The van der Waals surface area contributed by atoms with Gasteiger partial charge in [-0.05, 0) is 25.7 Å². The smallest absolute Gasteiger partial charge is 0.257 e. The van der Waals surface area contributed by atoms with Crippen LogP contribution in [0, 0.1) is 5.92 Å². The first-order valence-electron chi connectivity index (χ1n) is 10.9. The number of H-pyrrole nitrogens is 1. The van der Waals surface area contributed by atoms with E-state index in [0.29, 0.717) is 31.6 Å². The molecule has 0 radical (unpaired) electrons. The molecule has 3 amide bonds. The highest BCUT2D eigenvalue weighted by molar-refractivity contribution is 5.95. The highest BCUT2D eigenvalue weighted by atomic mass is 16.2. The van der Waals surface area contributed by atoms with Crippen molar-refractivity contribution in [2.24, 2.45) is 5.92 Å². The average Bonchev–Trinajstić information content (AvgIpc) is 3.24. The molecule has 0 spiro atoms. The number of hydrogen-bond acceptors (Lipinski definition) is 4. The zero-order chi connectivity index (χ0) is 20.4. The largest absolute Gasteiger partial charge is 0.345 e. The van der Waals surface area contributed by atoms with E-state index in [-0.39, 0.29) is 29.6 Å². The van der Waals surface area contributed by atoms with Crippen molar-refractivity contribution in [1.29, 1.82) is 0 Å². The fraction of sp³-hybridized carbons (Fsp3) is 0.714. The van der Waals surface area contributed by atoms with Gasteiger partial charge in [-0.3, -0.25) is 19.5 Å². The Bertz CT molecular complexity index is 760. The van der Waals surface area contributed by atoms with E-state index in [2.05, 4.69) is 10.2 Å². The van der Waals surface area contributed by atoms with Crippen molar-refractivity contribution < 1.29 is 14.4 Å². The number of likely N-dealkylation sites (tertiary alicyclic amines) is 3. The summed E-state index contributed by atoms with van der Waals surface area (Å²) in [6.07, 6.45) is 8.13. The summed E-state index contributed by atoms with van der Waals surface area (Å²) < 4.78 is 0. The van der Waals surface area contributed by atoms with Crippen LogP contribution in [0.4, 0.5) is 0 Å². The molecule has 1 atom stereocenters. The number of hydrogen-bond donors (Lipinski definition) is 1. The van der Waals surface area contributed by atoms with Crippen molar-refractivity contribution in [2.75, 3.05) is 39.8 Å². The maximum Gasteiger partial charge on any atom is 0.257 e. The molecule has 4 rings (SSSR count). The van der Waals surface area contributed by atoms with Gasteiger partial charge < -0.3 is 14.7 Å². The highest BCUT2D eigenvalue weighted by Crippen LogP contribution is 2.31. The second-order valence-electron chi connectivity index (χ2n) is 8.68. The monoisotopic (exact) mass is 401 g/mol. The second-order valence-corrected chi connectivity index (χ2v) is 8.68. The molecule has 8 heteroatoms. The van der Waals surface area contributed by atoms with Crippen LogP contribution in [-0.2, 0) is 9.59 Å². The minimum Gasteiger partial charge on any atom is -0.345 e. The summed E-state index contributed by atoms with van der Waals surface area (Å²) in [5.41, 5.74) is 1.61. The third kappa shape index (κ3) is 4.16. The summed E-state index contributed by atoms with van der Waals surface area (Å²) in [6.45, 7) is 3.49. The molecule has 1 unspecified atom stereocenters. The van der Waals surface area contributed by atoms with Gasteiger partial charge >= 0.3 is 0 Å². The quantitative estimate of drug-likeness (QED) is 0.833. The van der Waals surface area contributed by atoms with Crippen molar-refractivity contribution in [3.8, 4) is 0 Å². The first kappa shape index (κ1) is 19.9. The van der Waals surface area contributed by atoms with Gasteiger partial charge in [0.25, 0.3) is 5.91 Å². The molecule has 3 saturated heterocycles. The number of aromatic nitrogens is 2. The Balaban J connectivity index is 1.37. The van der Waals surface area contributed by atoms with E-state index in [1.54, 1.807) is 18.1 Å². The second kappa shape index (κ2) is 8.55. The van der Waals surface area contributed by atoms with Gasteiger partial charge in [-0.2, -0.15) is 5.10 Å². The van der Waals surface area contributed by atoms with Crippen LogP contribution < -0.4 is 0 Å². The third-order valence-electron chi connectivity index (χ3n) is 6.70. The molecular formula is C21H31N5O3. The number of piperidine rings is 1. The van der Waals surface area contributed by atoms with Crippen molar-refractivity contribution in [3.05, 3.63) is 17.5 Å². The van der Waals surface area contributed by atoms with Gasteiger partial charge in [0.2, 0.25) is 11.8 Å². The summed E-state index contributed by atoms with van der Waals surface area (Å²) in [4.78, 5) is 43.1. The van der Waals surface area contributed by atoms with Gasteiger partial charge in [-0.15, -0.1) is 0 Å². The Morgan fingerprint density at radius 1 is 1.03 bits per heavy atom. The highest BCUT2D eigenvalue weighted by Gasteiger charge is 2.36. The predicted molar refractivity (Wildman–Crippen MR) is 107 cm³/mol. The van der Waals surface area contributed by atoms with Crippen LogP contribution in [-0.4, -0.2) is 82.4 Å². The number of nitrogens with zero attached hydrogens (tertiary/aromatic N) is 4. The minimum atomic E-state index is -0.212. The molecule has 0 aromatic carbocycles. The number of amides is 3. The Kier molecular flexibility index (Phi) is 5.87. The van der Waals surface area contributed by atoms with Crippen molar-refractivity contribution >= 4 is 17.7 Å². The van der Waals surface area contributed by atoms with Gasteiger partial charge in [0, 0.05) is 52.1 Å². The predicted octanol–water partition coefficient (Wildman–Crippen LogP) is 1.61. The summed E-state index contributed by atoms with van der Waals surface area (Å²) >= 11 is 0. The maximum atomic E-state index is 13.0. The molecule has 3 fully saturated rings. The van der Waals surface area contributed by atoms with Gasteiger partial charge in [0.05, 0.1) is 23.4 Å². The SMILES string of the molecule is CN1CC(C(=O)N2CCC(c3[nH]ncc3C(=O)N3CCCCCC3)CC2)CC1=O. The molecule has 4 heterocycles. The van der Waals surface area contributed by atoms with Crippen LogP contribution in [0.5, 0.6) is 0 Å². The lowest BCUT2D eigenvalue weighted by atomic mass is 9.90. The molecule has 29 heavy (non-hydrogen) atoms. The number of carbonyl (C=O) groups is 3. The molecule has 1 aromatic rings. The number of nitrogens with one attached hydrogen (secondary N) is 1. The minimum absolute atomic E-state index is 0.0485. The van der Waals surface area contributed by atoms with Gasteiger partial charge in [0.1, 0.15) is 0 Å². The fourth-order valence-electron chi connectivity index (χ4n) is 4.90. The number of rotatable bonds is 3. The van der Waals surface area contributed by atoms with E-state index >= 15 is 0 Å². The molecule has 3 aliphatic rings. The normalized spacial score (nSPS) is 24.1. The molecule has 0 aliphatic carbocycles. The van der Waals surface area contributed by atoms with E-state index in [0.717, 1.165) is 44.5 Å². The van der Waals surface area contributed by atoms with E-state index in [1.807, 2.05) is 9.80 Å². The summed E-state index contributed by atoms with van der Waals surface area (Å²) in [5, 5.41) is 7.24. The van der Waals surface area contributed by atoms with Gasteiger partial charge in [0.15, 0.2) is 0 Å². The van der Waals surface area contributed by atoms with E-state index in [1.165, 1.54) is 12.8 Å². The Labute approximate surface area is 171 Å². The molecule has 0 bridgehead atoms. The fourth-order valence-corrected chi connectivity index (χ4v) is 4.90. The van der Waals surface area contributed by atoms with Crippen molar-refractivity contribution in [1.82, 2.24) is 24.9 Å².